The van der Waals surface area contributed by atoms with Crippen LogP contribution in [0.15, 0.2) is 24.3 Å². The number of aryl methyl sites for hydroxylation is 1. The molecule has 0 aliphatic carbocycles. The first kappa shape index (κ1) is 21.7. The summed E-state index contributed by atoms with van der Waals surface area (Å²) in [4.78, 5) is 2.45. The summed E-state index contributed by atoms with van der Waals surface area (Å²) in [5.41, 5.74) is 2.87. The van der Waals surface area contributed by atoms with Crippen LogP contribution in [-0.2, 0) is 17.7 Å². The van der Waals surface area contributed by atoms with Gasteiger partial charge in [0.15, 0.2) is 0 Å². The van der Waals surface area contributed by atoms with E-state index in [0.29, 0.717) is 0 Å². The summed E-state index contributed by atoms with van der Waals surface area (Å²) in [6.45, 7) is 9.60. The highest BCUT2D eigenvalue weighted by Gasteiger charge is 2.01. The third-order valence-electron chi connectivity index (χ3n) is 4.50. The molecule has 0 aliphatic rings. The van der Waals surface area contributed by atoms with Crippen LogP contribution in [0, 0.1) is 0 Å². The van der Waals surface area contributed by atoms with Crippen molar-refractivity contribution in [3.05, 3.63) is 35.4 Å². The number of hydrogen-bond acceptors (Lipinski definition) is 2. The van der Waals surface area contributed by atoms with Crippen LogP contribution in [0.3, 0.4) is 0 Å². The fourth-order valence-electron chi connectivity index (χ4n) is 2.80. The second kappa shape index (κ2) is 14.9. The second-order valence-corrected chi connectivity index (χ2v) is 7.24. The predicted octanol–water partition coefficient (Wildman–Crippen LogP) is 5.82. The fraction of sp³-hybridized carbons (Fsp3) is 0.714. The fourth-order valence-corrected chi connectivity index (χ4v) is 3.20. The highest BCUT2D eigenvalue weighted by molar-refractivity contribution is 9.09. The number of halogens is 1. The molecule has 0 saturated heterocycles. The molecule has 0 bridgehead atoms. The van der Waals surface area contributed by atoms with Gasteiger partial charge in [0.2, 0.25) is 0 Å². The highest BCUT2D eigenvalue weighted by atomic mass is 79.9. The van der Waals surface area contributed by atoms with Crippen LogP contribution in [0.25, 0.3) is 0 Å². The van der Waals surface area contributed by atoms with Gasteiger partial charge in [-0.3, -0.25) is 4.90 Å². The van der Waals surface area contributed by atoms with Gasteiger partial charge in [-0.15, -0.1) is 0 Å². The minimum absolute atomic E-state index is 0.915. The van der Waals surface area contributed by atoms with E-state index in [4.69, 9.17) is 4.74 Å². The van der Waals surface area contributed by atoms with E-state index < -0.39 is 0 Å². The number of benzene rings is 1. The van der Waals surface area contributed by atoms with Crippen molar-refractivity contribution in [1.29, 1.82) is 0 Å². The second-order valence-electron chi connectivity index (χ2n) is 6.45. The lowest BCUT2D eigenvalue weighted by Gasteiger charge is -2.18. The van der Waals surface area contributed by atoms with Crippen molar-refractivity contribution >= 4 is 15.9 Å². The lowest BCUT2D eigenvalue weighted by atomic mass is 10.1. The van der Waals surface area contributed by atoms with Crippen LogP contribution in [0.4, 0.5) is 0 Å². The lowest BCUT2D eigenvalue weighted by molar-refractivity contribution is 0.126. The van der Waals surface area contributed by atoms with Crippen LogP contribution in [0.5, 0.6) is 0 Å². The summed E-state index contributed by atoms with van der Waals surface area (Å²) in [7, 11) is 0. The molecule has 0 heterocycles. The maximum atomic E-state index is 5.72. The minimum Gasteiger partial charge on any atom is -0.381 e. The van der Waals surface area contributed by atoms with E-state index in [1.807, 2.05) is 0 Å². The van der Waals surface area contributed by atoms with E-state index in [1.54, 1.807) is 0 Å². The quantitative estimate of drug-likeness (QED) is 0.273. The molecular formula is C21H36BrNO. The van der Waals surface area contributed by atoms with E-state index in [0.717, 1.165) is 38.2 Å². The number of alkyl halides is 1. The van der Waals surface area contributed by atoms with Crippen molar-refractivity contribution in [2.75, 3.05) is 31.6 Å². The van der Waals surface area contributed by atoms with E-state index in [1.165, 1.54) is 56.1 Å². The van der Waals surface area contributed by atoms with E-state index >= 15 is 0 Å². The van der Waals surface area contributed by atoms with Gasteiger partial charge in [-0.05, 0) is 56.3 Å². The molecule has 138 valence electrons. The molecule has 0 unspecified atom stereocenters. The first-order valence-electron chi connectivity index (χ1n) is 9.74. The van der Waals surface area contributed by atoms with Gasteiger partial charge in [0, 0.05) is 25.1 Å². The van der Waals surface area contributed by atoms with Crippen molar-refractivity contribution in [2.45, 2.75) is 65.3 Å². The standard InChI is InChI=1S/C21H36BrNO/c1-3-23(4-2)19-21-14-12-20(13-15-21)11-7-10-18-24-17-9-6-5-8-16-22/h12-15H,3-11,16-19H2,1-2H3. The summed E-state index contributed by atoms with van der Waals surface area (Å²) in [6, 6.07) is 9.17. The highest BCUT2D eigenvalue weighted by Crippen LogP contribution is 2.10. The zero-order chi connectivity index (χ0) is 17.5. The van der Waals surface area contributed by atoms with Gasteiger partial charge in [0.05, 0.1) is 0 Å². The molecule has 0 aromatic heterocycles. The average molecular weight is 398 g/mol. The van der Waals surface area contributed by atoms with Crippen molar-refractivity contribution in [3.63, 3.8) is 0 Å². The molecule has 0 spiro atoms. The maximum absolute atomic E-state index is 5.72. The van der Waals surface area contributed by atoms with Crippen LogP contribution in [0.2, 0.25) is 0 Å². The molecule has 0 N–H and O–H groups in total. The number of unbranched alkanes of at least 4 members (excludes halogenated alkanes) is 4. The molecule has 1 rings (SSSR count). The SMILES string of the molecule is CCN(CC)Cc1ccc(CCCCOCCCCCCBr)cc1. The Morgan fingerprint density at radius 1 is 0.792 bits per heavy atom. The summed E-state index contributed by atoms with van der Waals surface area (Å²) in [6.07, 6.45) is 8.67. The summed E-state index contributed by atoms with van der Waals surface area (Å²) >= 11 is 3.47. The van der Waals surface area contributed by atoms with E-state index in [-0.39, 0.29) is 0 Å². The average Bonchev–Trinajstić information content (AvgIpc) is 2.62. The summed E-state index contributed by atoms with van der Waals surface area (Å²) < 4.78 is 5.72. The molecule has 1 aromatic carbocycles. The van der Waals surface area contributed by atoms with Crippen LogP contribution in [0.1, 0.15) is 63.5 Å². The molecule has 2 nitrogen and oxygen atoms in total. The van der Waals surface area contributed by atoms with Gasteiger partial charge in [-0.1, -0.05) is 66.9 Å². The summed E-state index contributed by atoms with van der Waals surface area (Å²) in [5, 5.41) is 1.13. The number of rotatable bonds is 15. The normalized spacial score (nSPS) is 11.3. The Labute approximate surface area is 158 Å². The Hall–Kier alpha value is -0.380. The van der Waals surface area contributed by atoms with Crippen molar-refractivity contribution in [2.24, 2.45) is 0 Å². The Bertz CT molecular complexity index is 389. The minimum atomic E-state index is 0.915. The Kier molecular flexibility index (Phi) is 13.5. The first-order valence-corrected chi connectivity index (χ1v) is 10.9. The molecule has 0 atom stereocenters. The van der Waals surface area contributed by atoms with E-state index in [9.17, 15) is 0 Å². The van der Waals surface area contributed by atoms with Gasteiger partial charge in [0.25, 0.3) is 0 Å². The summed E-state index contributed by atoms with van der Waals surface area (Å²) in [5.74, 6) is 0. The lowest BCUT2D eigenvalue weighted by Crippen LogP contribution is -2.21. The zero-order valence-electron chi connectivity index (χ0n) is 15.7. The monoisotopic (exact) mass is 397 g/mol. The van der Waals surface area contributed by atoms with Gasteiger partial charge in [-0.25, -0.2) is 0 Å². The molecule has 24 heavy (non-hydrogen) atoms. The molecule has 0 saturated carbocycles. The van der Waals surface area contributed by atoms with E-state index in [2.05, 4.69) is 58.9 Å². The molecule has 1 aromatic rings. The molecule has 0 aliphatic heterocycles. The third-order valence-corrected chi connectivity index (χ3v) is 5.06. The molecular weight excluding hydrogens is 362 g/mol. The number of ether oxygens (including phenoxy) is 1. The zero-order valence-corrected chi connectivity index (χ0v) is 17.3. The van der Waals surface area contributed by atoms with Crippen LogP contribution < -0.4 is 0 Å². The topological polar surface area (TPSA) is 12.5 Å². The molecule has 3 heteroatoms. The van der Waals surface area contributed by atoms with Crippen LogP contribution >= 0.6 is 15.9 Å². The Morgan fingerprint density at radius 2 is 1.38 bits per heavy atom. The van der Waals surface area contributed by atoms with Crippen molar-refractivity contribution in [1.82, 2.24) is 4.90 Å². The van der Waals surface area contributed by atoms with Crippen LogP contribution in [-0.4, -0.2) is 36.5 Å². The Balaban J connectivity index is 2.05. The molecule has 0 fully saturated rings. The maximum Gasteiger partial charge on any atom is 0.0466 e. The van der Waals surface area contributed by atoms with Gasteiger partial charge < -0.3 is 4.74 Å². The molecule has 0 amide bonds. The first-order chi connectivity index (χ1) is 11.8. The Morgan fingerprint density at radius 3 is 2.00 bits per heavy atom. The predicted molar refractivity (Wildman–Crippen MR) is 109 cm³/mol. The number of nitrogens with zero attached hydrogens (tertiary/aromatic N) is 1. The van der Waals surface area contributed by atoms with Crippen molar-refractivity contribution < 1.29 is 4.74 Å². The number of hydrogen-bond donors (Lipinski definition) is 0. The molecule has 0 radical (unpaired) electrons. The van der Waals surface area contributed by atoms with Crippen molar-refractivity contribution in [3.8, 4) is 0 Å². The smallest absolute Gasteiger partial charge is 0.0466 e. The van der Waals surface area contributed by atoms with Gasteiger partial charge >= 0.3 is 0 Å². The third kappa shape index (κ3) is 10.5. The largest absolute Gasteiger partial charge is 0.381 e. The van der Waals surface area contributed by atoms with Gasteiger partial charge in [-0.2, -0.15) is 0 Å². The van der Waals surface area contributed by atoms with Gasteiger partial charge in [0.1, 0.15) is 0 Å².